The average molecular weight is 290 g/mol. The van der Waals surface area contributed by atoms with Gasteiger partial charge in [0.1, 0.15) is 0 Å². The van der Waals surface area contributed by atoms with Gasteiger partial charge < -0.3 is 14.8 Å². The number of nitrogens with one attached hydrogen (secondary N) is 1. The van der Waals surface area contributed by atoms with Crippen molar-refractivity contribution in [3.05, 3.63) is 23.8 Å². The predicted molar refractivity (Wildman–Crippen MR) is 83.9 cm³/mol. The van der Waals surface area contributed by atoms with E-state index in [9.17, 15) is 0 Å². The minimum Gasteiger partial charge on any atom is -0.493 e. The Kier molecular flexibility index (Phi) is 4.36. The number of benzene rings is 1. The monoisotopic (exact) mass is 290 g/mol. The minimum atomic E-state index is 0.681. The second-order valence-corrected chi connectivity index (χ2v) is 6.14. The quantitative estimate of drug-likeness (QED) is 0.901. The fourth-order valence-electron chi connectivity index (χ4n) is 4.15. The Balaban J connectivity index is 1.80. The summed E-state index contributed by atoms with van der Waals surface area (Å²) in [6, 6.07) is 6.85. The van der Waals surface area contributed by atoms with Crippen LogP contribution in [0.3, 0.4) is 0 Å². The van der Waals surface area contributed by atoms with Gasteiger partial charge in [-0.15, -0.1) is 0 Å². The largest absolute Gasteiger partial charge is 0.493 e. The third-order valence-corrected chi connectivity index (χ3v) is 5.10. The average Bonchev–Trinajstić information content (AvgIpc) is 3.07. The summed E-state index contributed by atoms with van der Waals surface area (Å²) in [6.07, 6.45) is 1.22. The van der Waals surface area contributed by atoms with Gasteiger partial charge in [-0.05, 0) is 37.4 Å². The maximum Gasteiger partial charge on any atom is 0.165 e. The van der Waals surface area contributed by atoms with Gasteiger partial charge in [0.15, 0.2) is 11.5 Å². The molecular formula is C17H26N2O2. The van der Waals surface area contributed by atoms with E-state index in [-0.39, 0.29) is 0 Å². The molecule has 3 rings (SSSR count). The summed E-state index contributed by atoms with van der Waals surface area (Å²) in [7, 11) is 3.42. The van der Waals surface area contributed by atoms with E-state index in [0.29, 0.717) is 6.04 Å². The molecule has 0 saturated carbocycles. The van der Waals surface area contributed by atoms with Crippen LogP contribution in [0.15, 0.2) is 18.2 Å². The first kappa shape index (κ1) is 14.7. The Morgan fingerprint density at radius 2 is 2.10 bits per heavy atom. The maximum absolute atomic E-state index is 5.58. The van der Waals surface area contributed by atoms with E-state index in [1.807, 2.05) is 6.07 Å². The summed E-state index contributed by atoms with van der Waals surface area (Å²) in [5, 5.41) is 3.54. The molecule has 2 heterocycles. The molecule has 1 N–H and O–H groups in total. The fourth-order valence-corrected chi connectivity index (χ4v) is 4.15. The van der Waals surface area contributed by atoms with Crippen molar-refractivity contribution in [3.63, 3.8) is 0 Å². The Bertz CT molecular complexity index is 492. The Morgan fingerprint density at radius 1 is 1.24 bits per heavy atom. The van der Waals surface area contributed by atoms with E-state index in [2.05, 4.69) is 29.3 Å². The highest BCUT2D eigenvalue weighted by molar-refractivity contribution is 5.46. The molecule has 0 aromatic heterocycles. The summed E-state index contributed by atoms with van der Waals surface area (Å²) in [5.41, 5.74) is 1.23. The lowest BCUT2D eigenvalue weighted by molar-refractivity contribution is 0.207. The molecule has 21 heavy (non-hydrogen) atoms. The van der Waals surface area contributed by atoms with E-state index < -0.39 is 0 Å². The van der Waals surface area contributed by atoms with Crippen LogP contribution >= 0.6 is 0 Å². The number of likely N-dealkylation sites (tertiary alicyclic amines) is 1. The lowest BCUT2D eigenvalue weighted by Gasteiger charge is -2.27. The number of para-hydroxylation sites is 1. The lowest BCUT2D eigenvalue weighted by atomic mass is 9.93. The van der Waals surface area contributed by atoms with Gasteiger partial charge in [-0.2, -0.15) is 0 Å². The van der Waals surface area contributed by atoms with Gasteiger partial charge in [0.25, 0.3) is 0 Å². The topological polar surface area (TPSA) is 33.7 Å². The second-order valence-electron chi connectivity index (χ2n) is 6.14. The molecule has 4 heteroatoms. The molecule has 0 amide bonds. The van der Waals surface area contributed by atoms with Crippen molar-refractivity contribution in [2.75, 3.05) is 33.9 Å². The molecule has 4 nitrogen and oxygen atoms in total. The van der Waals surface area contributed by atoms with Crippen molar-refractivity contribution < 1.29 is 9.47 Å². The summed E-state index contributed by atoms with van der Waals surface area (Å²) in [5.74, 6) is 3.33. The summed E-state index contributed by atoms with van der Waals surface area (Å²) < 4.78 is 11.0. The molecule has 1 aromatic carbocycles. The molecule has 0 spiro atoms. The predicted octanol–water partition coefficient (Wildman–Crippen LogP) is 2.13. The second kappa shape index (κ2) is 6.24. The number of methoxy groups -OCH3 is 2. The van der Waals surface area contributed by atoms with E-state index in [4.69, 9.17) is 9.47 Å². The Morgan fingerprint density at radius 3 is 2.81 bits per heavy atom. The first-order chi connectivity index (χ1) is 10.3. The van der Waals surface area contributed by atoms with Crippen LogP contribution in [0.5, 0.6) is 11.5 Å². The van der Waals surface area contributed by atoms with E-state index >= 15 is 0 Å². The van der Waals surface area contributed by atoms with Gasteiger partial charge in [0, 0.05) is 24.7 Å². The molecule has 0 radical (unpaired) electrons. The zero-order valence-corrected chi connectivity index (χ0v) is 13.3. The van der Waals surface area contributed by atoms with Gasteiger partial charge in [0.05, 0.1) is 14.2 Å². The number of hydrogen-bond acceptors (Lipinski definition) is 4. The molecule has 2 saturated heterocycles. The van der Waals surface area contributed by atoms with Crippen LogP contribution in [-0.4, -0.2) is 44.8 Å². The van der Waals surface area contributed by atoms with Crippen LogP contribution in [-0.2, 0) is 6.54 Å². The SMILES string of the molecule is CCC1C2CNCC2CN1Cc1cccc(OC)c1OC. The number of ether oxygens (including phenoxy) is 2. The van der Waals surface area contributed by atoms with E-state index in [1.54, 1.807) is 14.2 Å². The van der Waals surface area contributed by atoms with Crippen molar-refractivity contribution in [1.82, 2.24) is 10.2 Å². The molecule has 116 valence electrons. The maximum atomic E-state index is 5.58. The molecule has 2 aliphatic rings. The molecule has 3 unspecified atom stereocenters. The summed E-state index contributed by atoms with van der Waals surface area (Å²) in [4.78, 5) is 2.63. The smallest absolute Gasteiger partial charge is 0.165 e. The first-order valence-electron chi connectivity index (χ1n) is 7.93. The van der Waals surface area contributed by atoms with Gasteiger partial charge in [0.2, 0.25) is 0 Å². The first-order valence-corrected chi connectivity index (χ1v) is 7.93. The van der Waals surface area contributed by atoms with Crippen LogP contribution in [0.4, 0.5) is 0 Å². The standard InChI is InChI=1S/C17H26N2O2/c1-4-15-14-9-18-8-13(14)11-19(15)10-12-6-5-7-16(20-2)17(12)21-3/h5-7,13-15,18H,4,8-11H2,1-3H3. The van der Waals surface area contributed by atoms with Crippen molar-refractivity contribution in [2.24, 2.45) is 11.8 Å². The molecular weight excluding hydrogens is 264 g/mol. The molecule has 1 aromatic rings. The van der Waals surface area contributed by atoms with Crippen LogP contribution in [0, 0.1) is 11.8 Å². The van der Waals surface area contributed by atoms with Crippen molar-refractivity contribution in [2.45, 2.75) is 25.9 Å². The van der Waals surface area contributed by atoms with Gasteiger partial charge in [-0.25, -0.2) is 0 Å². The third-order valence-electron chi connectivity index (χ3n) is 5.10. The van der Waals surface area contributed by atoms with Gasteiger partial charge in [-0.3, -0.25) is 4.90 Å². The molecule has 2 aliphatic heterocycles. The van der Waals surface area contributed by atoms with E-state index in [1.165, 1.54) is 31.6 Å². The van der Waals surface area contributed by atoms with Crippen molar-refractivity contribution >= 4 is 0 Å². The molecule has 0 aliphatic carbocycles. The minimum absolute atomic E-state index is 0.681. The Labute approximate surface area is 127 Å². The van der Waals surface area contributed by atoms with Crippen LogP contribution < -0.4 is 14.8 Å². The normalized spacial score (nSPS) is 28.6. The zero-order valence-electron chi connectivity index (χ0n) is 13.3. The van der Waals surface area contributed by atoms with Gasteiger partial charge in [-0.1, -0.05) is 19.1 Å². The van der Waals surface area contributed by atoms with Crippen LogP contribution in [0.2, 0.25) is 0 Å². The Hall–Kier alpha value is -1.26. The van der Waals surface area contributed by atoms with Crippen molar-refractivity contribution in [1.29, 1.82) is 0 Å². The summed E-state index contributed by atoms with van der Waals surface area (Å²) in [6.45, 7) is 6.80. The third kappa shape index (κ3) is 2.62. The molecule has 2 fully saturated rings. The number of fused-ring (bicyclic) bond motifs is 1. The molecule has 0 bridgehead atoms. The molecule has 3 atom stereocenters. The number of nitrogens with zero attached hydrogens (tertiary/aromatic N) is 1. The highest BCUT2D eigenvalue weighted by Crippen LogP contribution is 2.38. The van der Waals surface area contributed by atoms with Crippen molar-refractivity contribution in [3.8, 4) is 11.5 Å². The number of hydrogen-bond donors (Lipinski definition) is 1. The summed E-state index contributed by atoms with van der Waals surface area (Å²) >= 11 is 0. The van der Waals surface area contributed by atoms with Gasteiger partial charge >= 0.3 is 0 Å². The van der Waals surface area contributed by atoms with E-state index in [0.717, 1.165) is 29.9 Å². The van der Waals surface area contributed by atoms with Crippen LogP contribution in [0.25, 0.3) is 0 Å². The zero-order chi connectivity index (χ0) is 14.8. The number of rotatable bonds is 5. The van der Waals surface area contributed by atoms with Crippen LogP contribution in [0.1, 0.15) is 18.9 Å². The highest BCUT2D eigenvalue weighted by atomic mass is 16.5. The fraction of sp³-hybridized carbons (Fsp3) is 0.647. The lowest BCUT2D eigenvalue weighted by Crippen LogP contribution is -2.34. The highest BCUT2D eigenvalue weighted by Gasteiger charge is 2.43.